The van der Waals surface area contributed by atoms with Gasteiger partial charge in [-0.3, -0.25) is 9.59 Å². The Morgan fingerprint density at radius 2 is 1.13 bits per heavy atom. The predicted molar refractivity (Wildman–Crippen MR) is 189 cm³/mol. The molecule has 7 nitrogen and oxygen atoms in total. The van der Waals surface area contributed by atoms with Crippen LogP contribution in [0.5, 0.6) is 0 Å². The van der Waals surface area contributed by atoms with Gasteiger partial charge in [0, 0.05) is 12.8 Å². The molecule has 0 amide bonds. The highest BCUT2D eigenvalue weighted by atomic mass is 16.6. The topological polar surface area (TPSA) is 113 Å². The lowest BCUT2D eigenvalue weighted by molar-refractivity contribution is -0.161. The zero-order valence-electron chi connectivity index (χ0n) is 29.5. The van der Waals surface area contributed by atoms with Gasteiger partial charge in [-0.1, -0.05) is 153 Å². The second kappa shape index (κ2) is 32.7. The van der Waals surface area contributed by atoms with Gasteiger partial charge in [0.15, 0.2) is 6.10 Å². The van der Waals surface area contributed by atoms with E-state index < -0.39 is 24.8 Å². The number of ether oxygens (including phenoxy) is 2. The molecule has 0 unspecified atom stereocenters. The van der Waals surface area contributed by atoms with Crippen LogP contribution in [0.25, 0.3) is 0 Å². The summed E-state index contributed by atoms with van der Waals surface area (Å²) in [5.74, 6) is -0.0115. The summed E-state index contributed by atoms with van der Waals surface area (Å²) in [6.45, 7) is 6.15. The molecule has 0 aliphatic carbocycles. The largest absolute Gasteiger partial charge is 0.462 e. The summed E-state index contributed by atoms with van der Waals surface area (Å²) >= 11 is 0. The average molecular weight is 649 g/mol. The molecule has 3 N–H and O–H groups in total. The average Bonchev–Trinajstić information content (AvgIpc) is 3.02. The summed E-state index contributed by atoms with van der Waals surface area (Å²) in [5.41, 5.74) is 0. The molecule has 46 heavy (non-hydrogen) atoms. The van der Waals surface area contributed by atoms with Gasteiger partial charge < -0.3 is 24.8 Å². The number of rotatable bonds is 31. The highest BCUT2D eigenvalue weighted by Crippen LogP contribution is 2.14. The van der Waals surface area contributed by atoms with Gasteiger partial charge in [0.05, 0.1) is 18.8 Å². The van der Waals surface area contributed by atoms with Crippen molar-refractivity contribution < 1.29 is 34.4 Å². The Bertz CT molecular complexity index is 830. The summed E-state index contributed by atoms with van der Waals surface area (Å²) in [6, 6.07) is 0. The molecule has 0 aromatic carbocycles. The van der Waals surface area contributed by atoms with Crippen molar-refractivity contribution in [1.29, 1.82) is 0 Å². The van der Waals surface area contributed by atoms with Crippen LogP contribution in [0.15, 0.2) is 48.6 Å². The number of carbonyl (C=O) groups is 2. The first-order valence-corrected chi connectivity index (χ1v) is 18.3. The Morgan fingerprint density at radius 1 is 0.630 bits per heavy atom. The zero-order chi connectivity index (χ0) is 34.1. The third kappa shape index (κ3) is 31.7. The number of hydrogen-bond donors (Lipinski definition) is 3. The monoisotopic (exact) mass is 648 g/mol. The van der Waals surface area contributed by atoms with E-state index in [2.05, 4.69) is 20.8 Å². The van der Waals surface area contributed by atoms with Crippen LogP contribution in [0.1, 0.15) is 149 Å². The van der Waals surface area contributed by atoms with Crippen molar-refractivity contribution in [2.75, 3.05) is 13.2 Å². The molecule has 0 aromatic heterocycles. The first-order valence-electron chi connectivity index (χ1n) is 18.3. The maximum atomic E-state index is 12.1. The third-order valence-corrected chi connectivity index (χ3v) is 7.76. The second-order valence-electron chi connectivity index (χ2n) is 12.8. The van der Waals surface area contributed by atoms with E-state index in [-0.39, 0.29) is 25.1 Å². The number of carbonyl (C=O) groups excluding carboxylic acids is 2. The molecule has 3 atom stereocenters. The summed E-state index contributed by atoms with van der Waals surface area (Å²) in [5, 5.41) is 29.5. The van der Waals surface area contributed by atoms with Crippen LogP contribution >= 0.6 is 0 Å². The minimum Gasteiger partial charge on any atom is -0.462 e. The Morgan fingerprint density at radius 3 is 1.67 bits per heavy atom. The van der Waals surface area contributed by atoms with Gasteiger partial charge in [0.25, 0.3) is 0 Å². The molecule has 0 aliphatic heterocycles. The van der Waals surface area contributed by atoms with Crippen molar-refractivity contribution >= 4 is 11.9 Å². The molecule has 0 fully saturated rings. The summed E-state index contributed by atoms with van der Waals surface area (Å²) in [6.07, 6.45) is 32.4. The number of aliphatic hydroxyl groups excluding tert-OH is 3. The van der Waals surface area contributed by atoms with Crippen molar-refractivity contribution in [3.63, 3.8) is 0 Å². The quantitative estimate of drug-likeness (QED) is 0.0391. The molecule has 266 valence electrons. The molecular weight excluding hydrogens is 580 g/mol. The minimum absolute atomic E-state index is 0.106. The predicted octanol–water partition coefficient (Wildman–Crippen LogP) is 8.86. The molecule has 0 aliphatic rings. The van der Waals surface area contributed by atoms with Crippen LogP contribution in [0.3, 0.4) is 0 Å². The van der Waals surface area contributed by atoms with Crippen molar-refractivity contribution in [3.05, 3.63) is 48.6 Å². The Labute approximate surface area is 281 Å². The van der Waals surface area contributed by atoms with Crippen LogP contribution in [0, 0.1) is 5.92 Å². The van der Waals surface area contributed by atoms with Gasteiger partial charge in [-0.2, -0.15) is 0 Å². The van der Waals surface area contributed by atoms with Crippen molar-refractivity contribution in [2.24, 2.45) is 5.92 Å². The number of aliphatic hydroxyl groups is 3. The van der Waals surface area contributed by atoms with Gasteiger partial charge in [-0.15, -0.1) is 0 Å². The van der Waals surface area contributed by atoms with E-state index in [9.17, 15) is 24.9 Å². The Hall–Kier alpha value is -2.22. The lowest BCUT2D eigenvalue weighted by atomic mass is 10.0. The van der Waals surface area contributed by atoms with E-state index in [0.717, 1.165) is 57.3 Å². The van der Waals surface area contributed by atoms with E-state index in [1.54, 1.807) is 12.2 Å². The molecule has 0 saturated carbocycles. The lowest BCUT2D eigenvalue weighted by Gasteiger charge is -2.16. The van der Waals surface area contributed by atoms with E-state index in [4.69, 9.17) is 9.47 Å². The molecule has 0 spiro atoms. The second-order valence-corrected chi connectivity index (χ2v) is 12.8. The highest BCUT2D eigenvalue weighted by Gasteiger charge is 2.16. The third-order valence-electron chi connectivity index (χ3n) is 7.76. The maximum Gasteiger partial charge on any atom is 0.306 e. The first-order chi connectivity index (χ1) is 22.3. The lowest BCUT2D eigenvalue weighted by Crippen LogP contribution is -2.28. The molecule has 0 radical (unpaired) electrons. The fourth-order valence-electron chi connectivity index (χ4n) is 4.89. The number of esters is 2. The fourth-order valence-corrected chi connectivity index (χ4v) is 4.89. The number of unbranched alkanes of at least 4 members (excludes halogenated alkanes) is 11. The fraction of sp³-hybridized carbons (Fsp3) is 0.744. The molecule has 0 heterocycles. The normalized spacial score (nSPS) is 14.2. The maximum absolute atomic E-state index is 12.1. The van der Waals surface area contributed by atoms with Crippen molar-refractivity contribution in [2.45, 2.75) is 167 Å². The van der Waals surface area contributed by atoms with Gasteiger partial charge in [0.1, 0.15) is 6.61 Å². The van der Waals surface area contributed by atoms with Crippen molar-refractivity contribution in [3.8, 4) is 0 Å². The van der Waals surface area contributed by atoms with Crippen LogP contribution in [-0.4, -0.2) is 58.8 Å². The first kappa shape index (κ1) is 43.8. The molecule has 0 saturated heterocycles. The summed E-state index contributed by atoms with van der Waals surface area (Å²) in [4.78, 5) is 24.2. The van der Waals surface area contributed by atoms with Crippen LogP contribution in [-0.2, 0) is 19.1 Å². The van der Waals surface area contributed by atoms with Gasteiger partial charge >= 0.3 is 11.9 Å². The zero-order valence-corrected chi connectivity index (χ0v) is 29.5. The van der Waals surface area contributed by atoms with E-state index in [1.165, 1.54) is 51.4 Å². The van der Waals surface area contributed by atoms with Gasteiger partial charge in [0.2, 0.25) is 0 Å². The van der Waals surface area contributed by atoms with Crippen LogP contribution < -0.4 is 0 Å². The number of hydrogen-bond acceptors (Lipinski definition) is 7. The van der Waals surface area contributed by atoms with E-state index in [1.807, 2.05) is 36.5 Å². The van der Waals surface area contributed by atoms with Gasteiger partial charge in [-0.05, 0) is 38.0 Å². The van der Waals surface area contributed by atoms with Crippen LogP contribution in [0.2, 0.25) is 0 Å². The molecule has 0 aromatic rings. The van der Waals surface area contributed by atoms with Gasteiger partial charge in [-0.25, -0.2) is 0 Å². The summed E-state index contributed by atoms with van der Waals surface area (Å²) < 4.78 is 10.5. The van der Waals surface area contributed by atoms with E-state index >= 15 is 0 Å². The highest BCUT2D eigenvalue weighted by molar-refractivity contribution is 5.70. The molecular formula is C39H68O7. The minimum atomic E-state index is -0.878. The smallest absolute Gasteiger partial charge is 0.306 e. The van der Waals surface area contributed by atoms with Crippen molar-refractivity contribution in [1.82, 2.24) is 0 Å². The SMILES string of the molecule is CCCCC[C@@H](O)/C=C/C=C\C/C=C\C=C\[C@@H](O)CCCC(=O)O[C@@H](CO)COC(=O)CCCCCCCCCCCCC(C)C. The Kier molecular flexibility index (Phi) is 31.1. The molecule has 0 rings (SSSR count). The molecule has 7 heteroatoms. The van der Waals surface area contributed by atoms with Crippen LogP contribution in [0.4, 0.5) is 0 Å². The summed E-state index contributed by atoms with van der Waals surface area (Å²) in [7, 11) is 0. The number of allylic oxidation sites excluding steroid dienone is 6. The molecule has 0 bridgehead atoms. The Balaban J connectivity index is 3.86. The standard InChI is InChI=1S/C39H68O7/c1-4-5-19-26-35(41)27-21-16-12-10-13-17-22-28-36(42)29-24-31-39(44)46-37(32-40)33-45-38(43)30-23-18-14-9-7-6-8-11-15-20-25-34(2)3/h12-13,16-17,21-22,27-28,34-37,40-42H,4-11,14-15,18-20,23-26,29-33H2,1-3H3/b16-12-,17-13-,27-21+,28-22+/t35-,36-,37+/m1/s1. The van der Waals surface area contributed by atoms with E-state index in [0.29, 0.717) is 19.3 Å².